The molecule has 7 heteroatoms. The smallest absolute Gasteiger partial charge is 0.251 e. The summed E-state index contributed by atoms with van der Waals surface area (Å²) in [6.07, 6.45) is 1.62. The lowest BCUT2D eigenvalue weighted by Crippen LogP contribution is -2.33. The number of nitrogens with two attached hydrogens (primary N) is 1. The first-order valence-corrected chi connectivity index (χ1v) is 8.37. The van der Waals surface area contributed by atoms with E-state index in [0.29, 0.717) is 17.9 Å². The van der Waals surface area contributed by atoms with Crippen molar-refractivity contribution in [3.63, 3.8) is 0 Å². The van der Waals surface area contributed by atoms with E-state index in [1.54, 1.807) is 18.4 Å². The van der Waals surface area contributed by atoms with Crippen molar-refractivity contribution in [1.82, 2.24) is 10.3 Å². The number of carbonyl (C=O) groups is 1. The second-order valence-electron chi connectivity index (χ2n) is 6.04. The minimum atomic E-state index is -0.967. The highest BCUT2D eigenvalue weighted by Crippen LogP contribution is 2.23. The van der Waals surface area contributed by atoms with Gasteiger partial charge in [-0.3, -0.25) is 9.00 Å². The third-order valence-corrected chi connectivity index (χ3v) is 4.42. The maximum Gasteiger partial charge on any atom is 0.251 e. The summed E-state index contributed by atoms with van der Waals surface area (Å²) in [5, 5.41) is 2.69. The van der Waals surface area contributed by atoms with E-state index < -0.39 is 10.8 Å². The molecule has 0 bridgehead atoms. The number of carbonyl (C=O) groups excluding carboxylic acids is 1. The number of hydrogen-bond acceptors (Lipinski definition) is 5. The van der Waals surface area contributed by atoms with Crippen molar-refractivity contribution in [2.75, 3.05) is 18.2 Å². The summed E-state index contributed by atoms with van der Waals surface area (Å²) in [6, 6.07) is 3.35. The zero-order valence-corrected chi connectivity index (χ0v) is 14.0. The molecular formula is C14H24N4O2S. The Hall–Kier alpha value is -1.47. The van der Waals surface area contributed by atoms with Gasteiger partial charge >= 0.3 is 0 Å². The zero-order valence-electron chi connectivity index (χ0n) is 13.2. The van der Waals surface area contributed by atoms with Crippen LogP contribution in [-0.2, 0) is 16.2 Å². The molecule has 2 atom stereocenters. The normalized spacial score (nSPS) is 14.4. The minimum absolute atomic E-state index is 0.0926. The van der Waals surface area contributed by atoms with Crippen LogP contribution in [0, 0.1) is 0 Å². The van der Waals surface area contributed by atoms with Gasteiger partial charge in [0.05, 0.1) is 0 Å². The highest BCUT2D eigenvalue weighted by Gasteiger charge is 2.19. The summed E-state index contributed by atoms with van der Waals surface area (Å²) in [4.78, 5) is 16.6. The molecule has 0 saturated carbocycles. The lowest BCUT2D eigenvalue weighted by Gasteiger charge is -2.20. The van der Waals surface area contributed by atoms with Crippen molar-refractivity contribution in [3.05, 3.63) is 23.4 Å². The number of aromatic nitrogens is 1. The molecule has 0 aromatic carbocycles. The number of hydrogen-bond donors (Lipinski definition) is 3. The molecule has 0 fully saturated rings. The van der Waals surface area contributed by atoms with Crippen LogP contribution in [0.4, 0.5) is 5.82 Å². The largest absolute Gasteiger partial charge is 0.351 e. The van der Waals surface area contributed by atoms with Crippen molar-refractivity contribution in [2.24, 2.45) is 5.84 Å². The van der Waals surface area contributed by atoms with E-state index in [2.05, 4.69) is 15.7 Å². The van der Waals surface area contributed by atoms with E-state index in [-0.39, 0.29) is 16.6 Å². The van der Waals surface area contributed by atoms with Crippen LogP contribution >= 0.6 is 0 Å². The van der Waals surface area contributed by atoms with Crippen LogP contribution in [0.25, 0.3) is 0 Å². The van der Waals surface area contributed by atoms with Crippen LogP contribution in [0.1, 0.15) is 43.7 Å². The van der Waals surface area contributed by atoms with Gasteiger partial charge in [-0.25, -0.2) is 10.8 Å². The van der Waals surface area contributed by atoms with Crippen LogP contribution < -0.4 is 16.6 Å². The van der Waals surface area contributed by atoms with Gasteiger partial charge in [-0.2, -0.15) is 0 Å². The molecule has 1 heterocycles. The third kappa shape index (κ3) is 5.09. The number of rotatable bonds is 5. The Morgan fingerprint density at radius 2 is 2.05 bits per heavy atom. The molecule has 0 aliphatic carbocycles. The van der Waals surface area contributed by atoms with Gasteiger partial charge in [0.15, 0.2) is 0 Å². The summed E-state index contributed by atoms with van der Waals surface area (Å²) >= 11 is 0. The summed E-state index contributed by atoms with van der Waals surface area (Å²) in [6.45, 7) is 8.23. The maximum absolute atomic E-state index is 12.2. The Bertz CT molecular complexity index is 540. The summed E-state index contributed by atoms with van der Waals surface area (Å²) < 4.78 is 11.3. The van der Waals surface area contributed by atoms with Crippen molar-refractivity contribution < 1.29 is 9.00 Å². The standard InChI is InChI=1S/C14H24N4O2S/c1-9(21(5)20)8-16-13(19)10-6-11(14(2,3)4)17-12(7-10)18-15/h6-7,9H,8,15H2,1-5H3,(H,16,19)(H,17,18). The molecule has 118 valence electrons. The molecule has 0 aliphatic rings. The third-order valence-electron chi connectivity index (χ3n) is 3.12. The van der Waals surface area contributed by atoms with Crippen LogP contribution in [0.3, 0.4) is 0 Å². The van der Waals surface area contributed by atoms with E-state index >= 15 is 0 Å². The van der Waals surface area contributed by atoms with Crippen LogP contribution in [0.5, 0.6) is 0 Å². The lowest BCUT2D eigenvalue weighted by molar-refractivity contribution is 0.0954. The molecule has 0 saturated heterocycles. The molecule has 4 N–H and O–H groups in total. The van der Waals surface area contributed by atoms with Gasteiger partial charge in [-0.1, -0.05) is 20.8 Å². The average molecular weight is 312 g/mol. The topological polar surface area (TPSA) is 97.1 Å². The van der Waals surface area contributed by atoms with Gasteiger partial charge in [0.25, 0.3) is 5.91 Å². The summed E-state index contributed by atoms with van der Waals surface area (Å²) in [5.74, 6) is 5.63. The van der Waals surface area contributed by atoms with E-state index in [4.69, 9.17) is 5.84 Å². The Morgan fingerprint density at radius 3 is 2.52 bits per heavy atom. The van der Waals surface area contributed by atoms with Gasteiger partial charge < -0.3 is 10.7 Å². The average Bonchev–Trinajstić information content (AvgIpc) is 2.42. The molecule has 0 radical (unpaired) electrons. The Kier molecular flexibility index (Phi) is 5.86. The first kappa shape index (κ1) is 17.6. The number of hydrazine groups is 1. The molecule has 1 amide bonds. The second kappa shape index (κ2) is 7.00. The quantitative estimate of drug-likeness (QED) is 0.560. The number of nitrogens with one attached hydrogen (secondary N) is 2. The number of nitrogens with zero attached hydrogens (tertiary/aromatic N) is 1. The molecule has 6 nitrogen and oxygen atoms in total. The maximum atomic E-state index is 12.2. The molecule has 1 aromatic rings. The highest BCUT2D eigenvalue weighted by atomic mass is 32.2. The van der Waals surface area contributed by atoms with Gasteiger partial charge in [0.2, 0.25) is 0 Å². The first-order valence-electron chi connectivity index (χ1n) is 6.74. The molecule has 1 aromatic heterocycles. The lowest BCUT2D eigenvalue weighted by atomic mass is 9.90. The SMILES string of the molecule is CC(CNC(=O)c1cc(NN)nc(C(C)(C)C)c1)S(C)=O. The second-order valence-corrected chi connectivity index (χ2v) is 7.84. The van der Waals surface area contributed by atoms with E-state index in [0.717, 1.165) is 5.69 Å². The van der Waals surface area contributed by atoms with Gasteiger partial charge in [-0.05, 0) is 19.1 Å². The molecule has 0 aliphatic heterocycles. The highest BCUT2D eigenvalue weighted by molar-refractivity contribution is 7.84. The van der Waals surface area contributed by atoms with Gasteiger partial charge in [0, 0.05) is 45.5 Å². The van der Waals surface area contributed by atoms with E-state index in [1.165, 1.54) is 0 Å². The number of nitrogen functional groups attached to an aromatic ring is 1. The van der Waals surface area contributed by atoms with Crippen LogP contribution in [0.15, 0.2) is 12.1 Å². The molecular weight excluding hydrogens is 288 g/mol. The predicted molar refractivity (Wildman–Crippen MR) is 86.6 cm³/mol. The van der Waals surface area contributed by atoms with Crippen molar-refractivity contribution in [2.45, 2.75) is 38.4 Å². The van der Waals surface area contributed by atoms with Crippen molar-refractivity contribution in [1.29, 1.82) is 0 Å². The first-order chi connectivity index (χ1) is 9.65. The van der Waals surface area contributed by atoms with Crippen LogP contribution in [0.2, 0.25) is 0 Å². The van der Waals surface area contributed by atoms with Crippen LogP contribution in [-0.4, -0.2) is 33.2 Å². The summed E-state index contributed by atoms with van der Waals surface area (Å²) in [7, 11) is -0.967. The number of anilines is 1. The van der Waals surface area contributed by atoms with E-state index in [9.17, 15) is 9.00 Å². The van der Waals surface area contributed by atoms with Crippen molar-refractivity contribution >= 4 is 22.5 Å². The molecule has 21 heavy (non-hydrogen) atoms. The molecule has 0 spiro atoms. The van der Waals surface area contributed by atoms with E-state index in [1.807, 2.05) is 27.7 Å². The Morgan fingerprint density at radius 1 is 1.43 bits per heavy atom. The molecule has 2 unspecified atom stereocenters. The number of pyridine rings is 1. The fourth-order valence-electron chi connectivity index (χ4n) is 1.58. The molecule has 1 rings (SSSR count). The fraction of sp³-hybridized carbons (Fsp3) is 0.571. The van der Waals surface area contributed by atoms with Gasteiger partial charge in [-0.15, -0.1) is 0 Å². The Labute approximate surface area is 128 Å². The minimum Gasteiger partial charge on any atom is -0.351 e. The fourth-order valence-corrected chi connectivity index (χ4v) is 1.89. The summed E-state index contributed by atoms with van der Waals surface area (Å²) in [5.41, 5.74) is 3.54. The van der Waals surface area contributed by atoms with Crippen molar-refractivity contribution in [3.8, 4) is 0 Å². The number of amides is 1. The predicted octanol–water partition coefficient (Wildman–Crippen LogP) is 1.16. The zero-order chi connectivity index (χ0) is 16.2. The Balaban J connectivity index is 2.96. The van der Waals surface area contributed by atoms with Gasteiger partial charge in [0.1, 0.15) is 5.82 Å². The monoisotopic (exact) mass is 312 g/mol.